The summed E-state index contributed by atoms with van der Waals surface area (Å²) >= 11 is 0. The van der Waals surface area contributed by atoms with Crippen molar-refractivity contribution < 1.29 is 0 Å². The van der Waals surface area contributed by atoms with Crippen LogP contribution in [0.1, 0.15) is 11.1 Å². The summed E-state index contributed by atoms with van der Waals surface area (Å²) < 4.78 is 0. The van der Waals surface area contributed by atoms with Crippen LogP contribution in [0.15, 0.2) is 48.7 Å². The normalized spacial score (nSPS) is 10.9. The van der Waals surface area contributed by atoms with Gasteiger partial charge < -0.3 is 4.98 Å². The highest BCUT2D eigenvalue weighted by Crippen LogP contribution is 2.30. The number of hydrogen-bond acceptors (Lipinski definition) is 0. The van der Waals surface area contributed by atoms with E-state index < -0.39 is 0 Å². The molecule has 0 radical (unpaired) electrons. The summed E-state index contributed by atoms with van der Waals surface area (Å²) in [6, 6.07) is 15.1. The lowest BCUT2D eigenvalue weighted by Crippen LogP contribution is -1.85. The minimum atomic E-state index is 1.22. The monoisotopic (exact) mass is 221 g/mol. The molecule has 3 aromatic rings. The van der Waals surface area contributed by atoms with Gasteiger partial charge >= 0.3 is 0 Å². The summed E-state index contributed by atoms with van der Waals surface area (Å²) in [5.41, 5.74) is 5.13. The van der Waals surface area contributed by atoms with Gasteiger partial charge in [0.25, 0.3) is 0 Å². The van der Waals surface area contributed by atoms with Crippen molar-refractivity contribution in [1.29, 1.82) is 0 Å². The Labute approximate surface area is 101 Å². The van der Waals surface area contributed by atoms with Gasteiger partial charge in [-0.15, -0.1) is 0 Å². The topological polar surface area (TPSA) is 15.8 Å². The lowest BCUT2D eigenvalue weighted by molar-refractivity contribution is 1.34. The van der Waals surface area contributed by atoms with Crippen LogP contribution < -0.4 is 0 Å². The Bertz CT molecular complexity index is 677. The molecule has 0 amide bonds. The molecule has 0 saturated heterocycles. The van der Waals surface area contributed by atoms with Crippen molar-refractivity contribution in [1.82, 2.24) is 4.98 Å². The zero-order valence-electron chi connectivity index (χ0n) is 10.1. The van der Waals surface area contributed by atoms with Gasteiger partial charge in [-0.05, 0) is 24.8 Å². The zero-order chi connectivity index (χ0) is 11.8. The molecule has 1 heterocycles. The van der Waals surface area contributed by atoms with Crippen LogP contribution >= 0.6 is 0 Å². The number of benzene rings is 2. The Morgan fingerprint density at radius 2 is 1.76 bits per heavy atom. The predicted molar refractivity (Wildman–Crippen MR) is 73.2 cm³/mol. The molecule has 0 aliphatic rings. The SMILES string of the molecule is Cc1ccc(-c2[nH]cc3ccccc23)c(C)c1. The average Bonchev–Trinajstić information content (AvgIpc) is 2.73. The zero-order valence-corrected chi connectivity index (χ0v) is 10.1. The van der Waals surface area contributed by atoms with E-state index in [2.05, 4.69) is 67.5 Å². The molecule has 0 fully saturated rings. The molecule has 0 saturated carbocycles. The summed E-state index contributed by atoms with van der Waals surface area (Å²) in [5, 5.41) is 2.56. The minimum absolute atomic E-state index is 1.22. The minimum Gasteiger partial charge on any atom is -0.360 e. The van der Waals surface area contributed by atoms with Gasteiger partial charge in [-0.3, -0.25) is 0 Å². The third kappa shape index (κ3) is 1.64. The second-order valence-corrected chi connectivity index (χ2v) is 4.57. The second-order valence-electron chi connectivity index (χ2n) is 4.57. The molecule has 0 aliphatic heterocycles. The van der Waals surface area contributed by atoms with Crippen LogP contribution in [0.5, 0.6) is 0 Å². The molecule has 0 bridgehead atoms. The summed E-state index contributed by atoms with van der Waals surface area (Å²) in [5.74, 6) is 0. The molecular weight excluding hydrogens is 206 g/mol. The van der Waals surface area contributed by atoms with Gasteiger partial charge in [-0.2, -0.15) is 0 Å². The van der Waals surface area contributed by atoms with Gasteiger partial charge in [0.05, 0.1) is 5.69 Å². The highest BCUT2D eigenvalue weighted by atomic mass is 14.7. The molecular formula is C16H15N. The molecule has 84 valence electrons. The number of aryl methyl sites for hydroxylation is 2. The smallest absolute Gasteiger partial charge is 0.0536 e. The Kier molecular flexibility index (Phi) is 2.25. The van der Waals surface area contributed by atoms with Gasteiger partial charge in [0.15, 0.2) is 0 Å². The highest BCUT2D eigenvalue weighted by Gasteiger charge is 2.07. The Hall–Kier alpha value is -2.02. The fraction of sp³-hybridized carbons (Fsp3) is 0.125. The third-order valence-electron chi connectivity index (χ3n) is 3.25. The summed E-state index contributed by atoms with van der Waals surface area (Å²) in [6.07, 6.45) is 2.07. The summed E-state index contributed by atoms with van der Waals surface area (Å²) in [4.78, 5) is 3.39. The maximum absolute atomic E-state index is 3.39. The predicted octanol–water partition coefficient (Wildman–Crippen LogP) is 4.45. The van der Waals surface area contributed by atoms with Gasteiger partial charge in [-0.1, -0.05) is 48.0 Å². The number of aromatic amines is 1. The van der Waals surface area contributed by atoms with Crippen molar-refractivity contribution in [2.24, 2.45) is 0 Å². The number of rotatable bonds is 1. The first kappa shape index (κ1) is 10.2. The third-order valence-corrected chi connectivity index (χ3v) is 3.25. The second kappa shape index (κ2) is 3.77. The van der Waals surface area contributed by atoms with E-state index in [4.69, 9.17) is 0 Å². The molecule has 0 spiro atoms. The van der Waals surface area contributed by atoms with Crippen LogP contribution in [0, 0.1) is 13.8 Å². The largest absolute Gasteiger partial charge is 0.360 e. The van der Waals surface area contributed by atoms with E-state index in [0.717, 1.165) is 0 Å². The Morgan fingerprint density at radius 1 is 0.941 bits per heavy atom. The lowest BCUT2D eigenvalue weighted by Gasteiger charge is -2.05. The average molecular weight is 221 g/mol. The Balaban J connectivity index is 2.27. The Morgan fingerprint density at radius 3 is 2.59 bits per heavy atom. The molecule has 1 N–H and O–H groups in total. The number of hydrogen-bond donors (Lipinski definition) is 1. The van der Waals surface area contributed by atoms with Crippen molar-refractivity contribution in [2.45, 2.75) is 13.8 Å². The fourth-order valence-corrected chi connectivity index (χ4v) is 2.40. The fourth-order valence-electron chi connectivity index (χ4n) is 2.40. The number of aromatic nitrogens is 1. The van der Waals surface area contributed by atoms with Crippen LogP contribution in [0.4, 0.5) is 0 Å². The van der Waals surface area contributed by atoms with Gasteiger partial charge in [0.2, 0.25) is 0 Å². The van der Waals surface area contributed by atoms with Gasteiger partial charge in [-0.25, -0.2) is 0 Å². The maximum Gasteiger partial charge on any atom is 0.0536 e. The quantitative estimate of drug-likeness (QED) is 0.624. The van der Waals surface area contributed by atoms with E-state index in [9.17, 15) is 0 Å². The van der Waals surface area contributed by atoms with Crippen LogP contribution in [-0.2, 0) is 0 Å². The summed E-state index contributed by atoms with van der Waals surface area (Å²) in [6.45, 7) is 4.29. The molecule has 1 nitrogen and oxygen atoms in total. The van der Waals surface area contributed by atoms with E-state index in [1.54, 1.807) is 0 Å². The van der Waals surface area contributed by atoms with Crippen molar-refractivity contribution in [3.8, 4) is 11.3 Å². The first-order chi connectivity index (χ1) is 8.25. The van der Waals surface area contributed by atoms with Gasteiger partial charge in [0, 0.05) is 17.1 Å². The number of fused-ring (bicyclic) bond motifs is 1. The summed E-state index contributed by atoms with van der Waals surface area (Å²) in [7, 11) is 0. The van der Waals surface area contributed by atoms with E-state index >= 15 is 0 Å². The van der Waals surface area contributed by atoms with E-state index in [0.29, 0.717) is 0 Å². The van der Waals surface area contributed by atoms with Crippen LogP contribution in [-0.4, -0.2) is 4.98 Å². The molecule has 1 heteroatoms. The first-order valence-corrected chi connectivity index (χ1v) is 5.89. The van der Waals surface area contributed by atoms with Crippen molar-refractivity contribution in [2.75, 3.05) is 0 Å². The number of nitrogens with one attached hydrogen (secondary N) is 1. The van der Waals surface area contributed by atoms with Crippen LogP contribution in [0.25, 0.3) is 22.0 Å². The standard InChI is InChI=1S/C16H15N/c1-11-7-8-14(12(2)9-11)16-15-6-4-3-5-13(15)10-17-16/h3-10,17H,1-2H3. The maximum atomic E-state index is 3.39. The van der Waals surface area contributed by atoms with Crippen molar-refractivity contribution in [3.63, 3.8) is 0 Å². The molecule has 0 unspecified atom stereocenters. The molecule has 0 aliphatic carbocycles. The van der Waals surface area contributed by atoms with Crippen molar-refractivity contribution in [3.05, 3.63) is 59.8 Å². The van der Waals surface area contributed by atoms with E-state index in [-0.39, 0.29) is 0 Å². The molecule has 0 atom stereocenters. The van der Waals surface area contributed by atoms with Crippen molar-refractivity contribution >= 4 is 10.8 Å². The lowest BCUT2D eigenvalue weighted by atomic mass is 10.0. The van der Waals surface area contributed by atoms with E-state index in [1.165, 1.54) is 33.2 Å². The number of H-pyrrole nitrogens is 1. The highest BCUT2D eigenvalue weighted by molar-refractivity contribution is 5.96. The van der Waals surface area contributed by atoms with Crippen LogP contribution in [0.3, 0.4) is 0 Å². The molecule has 2 aromatic carbocycles. The molecule has 17 heavy (non-hydrogen) atoms. The molecule has 3 rings (SSSR count). The van der Waals surface area contributed by atoms with Crippen LogP contribution in [0.2, 0.25) is 0 Å². The van der Waals surface area contributed by atoms with Gasteiger partial charge in [0.1, 0.15) is 0 Å². The molecule has 1 aromatic heterocycles. The first-order valence-electron chi connectivity index (χ1n) is 5.89. The van der Waals surface area contributed by atoms with E-state index in [1.807, 2.05) is 0 Å².